The first-order valence-corrected chi connectivity index (χ1v) is 12.2. The second kappa shape index (κ2) is 11.3. The lowest BCUT2D eigenvalue weighted by Gasteiger charge is -2.35. The van der Waals surface area contributed by atoms with Crippen LogP contribution in [0.3, 0.4) is 0 Å². The van der Waals surface area contributed by atoms with Crippen LogP contribution in [0.5, 0.6) is 5.75 Å². The molecule has 0 radical (unpaired) electrons. The zero-order valence-corrected chi connectivity index (χ0v) is 20.8. The molecule has 8 heteroatoms. The summed E-state index contributed by atoms with van der Waals surface area (Å²) in [5, 5.41) is 11.8. The van der Waals surface area contributed by atoms with Crippen LogP contribution in [0, 0.1) is 11.3 Å². The van der Waals surface area contributed by atoms with Gasteiger partial charge in [0.05, 0.1) is 6.61 Å². The highest BCUT2D eigenvalue weighted by Gasteiger charge is 2.35. The number of halogens is 1. The molecule has 2 heterocycles. The number of nitrogens with one attached hydrogen (secondary N) is 3. The normalized spacial score (nSPS) is 15.4. The van der Waals surface area contributed by atoms with E-state index in [-0.39, 0.29) is 18.1 Å². The van der Waals surface area contributed by atoms with Crippen molar-refractivity contribution >= 4 is 34.8 Å². The minimum Gasteiger partial charge on any atom is -0.492 e. The van der Waals surface area contributed by atoms with Crippen LogP contribution in [-0.4, -0.2) is 48.5 Å². The van der Waals surface area contributed by atoms with Crippen LogP contribution in [0.15, 0.2) is 54.7 Å². The van der Waals surface area contributed by atoms with E-state index in [0.717, 1.165) is 34.3 Å². The molecule has 4 rings (SSSR count). The van der Waals surface area contributed by atoms with Crippen molar-refractivity contribution in [3.05, 3.63) is 76.6 Å². The number of carbonyl (C=O) groups is 1. The molecule has 1 aromatic heterocycles. The van der Waals surface area contributed by atoms with Gasteiger partial charge in [-0.25, -0.2) is 4.79 Å². The lowest BCUT2D eigenvalue weighted by atomic mass is 9.92. The maximum atomic E-state index is 13.1. The van der Waals surface area contributed by atoms with Gasteiger partial charge in [-0.15, -0.1) is 0 Å². The fourth-order valence-corrected chi connectivity index (χ4v) is 4.47. The Morgan fingerprint density at radius 1 is 1.29 bits per heavy atom. The molecule has 0 bridgehead atoms. The number of amides is 1. The van der Waals surface area contributed by atoms with Gasteiger partial charge in [-0.2, -0.15) is 0 Å². The van der Waals surface area contributed by atoms with Gasteiger partial charge in [0.1, 0.15) is 18.4 Å². The zero-order chi connectivity index (χ0) is 24.8. The third-order valence-corrected chi connectivity index (χ3v) is 6.12. The number of fused-ring (bicyclic) bond motifs is 3. The van der Waals surface area contributed by atoms with E-state index in [1.54, 1.807) is 17.2 Å². The summed E-state index contributed by atoms with van der Waals surface area (Å²) in [5.41, 5.74) is 4.16. The van der Waals surface area contributed by atoms with E-state index in [2.05, 4.69) is 10.3 Å². The molecule has 0 saturated heterocycles. The van der Waals surface area contributed by atoms with Crippen molar-refractivity contribution in [2.24, 2.45) is 5.92 Å². The number of allylic oxidation sites excluding steroid dienone is 1. The molecule has 1 unspecified atom stereocenters. The van der Waals surface area contributed by atoms with Gasteiger partial charge in [-0.1, -0.05) is 37.6 Å². The van der Waals surface area contributed by atoms with Gasteiger partial charge < -0.3 is 25.2 Å². The second-order valence-corrected chi connectivity index (χ2v) is 9.36. The molecular formula is C27H31ClN4O3. The smallest absolute Gasteiger partial charge is 0.410 e. The van der Waals surface area contributed by atoms with Crippen LogP contribution in [0.2, 0.25) is 5.02 Å². The summed E-state index contributed by atoms with van der Waals surface area (Å²) in [6.45, 7) is 6.11. The number of benzene rings is 2. The van der Waals surface area contributed by atoms with Gasteiger partial charge in [0.25, 0.3) is 0 Å². The summed E-state index contributed by atoms with van der Waals surface area (Å²) in [6, 6.07) is 13.4. The number of aromatic amines is 1. The molecule has 1 amide bonds. The van der Waals surface area contributed by atoms with Crippen LogP contribution >= 0.6 is 11.6 Å². The van der Waals surface area contributed by atoms with Gasteiger partial charge in [-0.3, -0.25) is 4.90 Å². The molecule has 1 aliphatic heterocycles. The topological polar surface area (TPSA) is 90.4 Å². The number of nitrogens with zero attached hydrogens (tertiary/aromatic N) is 1. The molecule has 3 aromatic rings. The van der Waals surface area contributed by atoms with Crippen molar-refractivity contribution in [1.82, 2.24) is 15.2 Å². The maximum absolute atomic E-state index is 13.1. The van der Waals surface area contributed by atoms with E-state index in [9.17, 15) is 4.79 Å². The Balaban J connectivity index is 1.59. The van der Waals surface area contributed by atoms with Gasteiger partial charge in [-0.05, 0) is 66.1 Å². The number of hydrogen-bond donors (Lipinski definition) is 3. The first kappa shape index (κ1) is 24.7. The number of aromatic nitrogens is 1. The zero-order valence-electron chi connectivity index (χ0n) is 20.0. The van der Waals surface area contributed by atoms with Crippen LogP contribution in [0.25, 0.3) is 10.9 Å². The van der Waals surface area contributed by atoms with Gasteiger partial charge >= 0.3 is 6.09 Å². The van der Waals surface area contributed by atoms with Crippen molar-refractivity contribution in [3.63, 3.8) is 0 Å². The highest BCUT2D eigenvalue weighted by Crippen LogP contribution is 2.39. The quantitative estimate of drug-likeness (QED) is 0.263. The predicted molar refractivity (Wildman–Crippen MR) is 140 cm³/mol. The molecule has 184 valence electrons. The standard InChI is InChI=1S/C27H31ClN4O3/c1-18(2)17-35-27(33)32-14-10-22-23-16-20(28)6-9-24(23)31-25(22)26(32)19-4-7-21(8-5-19)34-15-13-30-12-3-11-29/h3-9,11-12,16,18,26,29-31H,10,13-15,17H2,1-2H3/b12-3-,29-11?. The van der Waals surface area contributed by atoms with E-state index >= 15 is 0 Å². The van der Waals surface area contributed by atoms with Crippen molar-refractivity contribution in [2.75, 3.05) is 26.3 Å². The van der Waals surface area contributed by atoms with E-state index in [0.29, 0.717) is 31.3 Å². The Labute approximate surface area is 210 Å². The maximum Gasteiger partial charge on any atom is 0.410 e. The Hall–Kier alpha value is -3.45. The Morgan fingerprint density at radius 2 is 2.09 bits per heavy atom. The highest BCUT2D eigenvalue weighted by atomic mass is 35.5. The first-order valence-electron chi connectivity index (χ1n) is 11.8. The molecule has 7 nitrogen and oxygen atoms in total. The van der Waals surface area contributed by atoms with E-state index in [1.807, 2.05) is 56.3 Å². The highest BCUT2D eigenvalue weighted by molar-refractivity contribution is 6.31. The number of rotatable bonds is 9. The average Bonchev–Trinajstić information content (AvgIpc) is 3.22. The second-order valence-electron chi connectivity index (χ2n) is 8.92. The van der Waals surface area contributed by atoms with E-state index in [4.69, 9.17) is 26.5 Å². The molecule has 35 heavy (non-hydrogen) atoms. The van der Waals surface area contributed by atoms with Gasteiger partial charge in [0.2, 0.25) is 0 Å². The molecule has 1 aliphatic rings. The Kier molecular flexibility index (Phi) is 7.98. The van der Waals surface area contributed by atoms with E-state index in [1.165, 1.54) is 11.8 Å². The predicted octanol–water partition coefficient (Wildman–Crippen LogP) is 5.69. The molecule has 0 saturated carbocycles. The number of hydrogen-bond acceptors (Lipinski definition) is 5. The van der Waals surface area contributed by atoms with Crippen molar-refractivity contribution in [1.29, 1.82) is 5.41 Å². The largest absolute Gasteiger partial charge is 0.492 e. The summed E-state index contributed by atoms with van der Waals surface area (Å²) in [6.07, 6.45) is 4.95. The SMILES string of the molecule is CC(C)COC(=O)N1CCc2c([nH]c3ccc(Cl)cc23)C1c1ccc(OCCN/C=C\C=N)cc1. The Morgan fingerprint density at radius 3 is 2.83 bits per heavy atom. The number of H-pyrrole nitrogens is 1. The molecule has 0 aliphatic carbocycles. The summed E-state index contributed by atoms with van der Waals surface area (Å²) >= 11 is 6.29. The summed E-state index contributed by atoms with van der Waals surface area (Å²) in [7, 11) is 0. The molecular weight excluding hydrogens is 464 g/mol. The lowest BCUT2D eigenvalue weighted by molar-refractivity contribution is 0.0797. The minimum absolute atomic E-state index is 0.263. The summed E-state index contributed by atoms with van der Waals surface area (Å²) < 4.78 is 11.4. The third kappa shape index (κ3) is 5.80. The average molecular weight is 495 g/mol. The van der Waals surface area contributed by atoms with Crippen LogP contribution in [0.4, 0.5) is 4.79 Å². The summed E-state index contributed by atoms with van der Waals surface area (Å²) in [5.74, 6) is 1.01. The first-order chi connectivity index (χ1) is 17.0. The van der Waals surface area contributed by atoms with Gasteiger partial charge in [0, 0.05) is 40.9 Å². The summed E-state index contributed by atoms with van der Waals surface area (Å²) in [4.78, 5) is 18.4. The molecule has 2 aromatic carbocycles. The number of ether oxygens (including phenoxy) is 2. The van der Waals surface area contributed by atoms with Crippen LogP contribution in [-0.2, 0) is 11.2 Å². The monoisotopic (exact) mass is 494 g/mol. The Bertz CT molecular complexity index is 1200. The van der Waals surface area contributed by atoms with Crippen molar-refractivity contribution < 1.29 is 14.3 Å². The minimum atomic E-state index is -0.310. The van der Waals surface area contributed by atoms with Crippen molar-refractivity contribution in [3.8, 4) is 5.75 Å². The number of carbonyl (C=O) groups excluding carboxylic acids is 1. The fraction of sp³-hybridized carbons (Fsp3) is 0.333. The molecule has 0 fully saturated rings. The van der Waals surface area contributed by atoms with Gasteiger partial charge in [0.15, 0.2) is 0 Å². The van der Waals surface area contributed by atoms with Crippen molar-refractivity contribution in [2.45, 2.75) is 26.3 Å². The molecule has 3 N–H and O–H groups in total. The molecule has 0 spiro atoms. The van der Waals surface area contributed by atoms with E-state index < -0.39 is 0 Å². The lowest BCUT2D eigenvalue weighted by Crippen LogP contribution is -2.41. The third-order valence-electron chi connectivity index (χ3n) is 5.88. The fourth-order valence-electron chi connectivity index (χ4n) is 4.30. The molecule has 1 atom stereocenters. The van der Waals surface area contributed by atoms with Crippen LogP contribution < -0.4 is 10.1 Å². The van der Waals surface area contributed by atoms with Crippen LogP contribution in [0.1, 0.15) is 36.7 Å².